The van der Waals surface area contributed by atoms with Crippen LogP contribution >= 0.6 is 0 Å². The summed E-state index contributed by atoms with van der Waals surface area (Å²) in [6.45, 7) is 11.4. The van der Waals surface area contributed by atoms with Gasteiger partial charge in [-0.05, 0) is 47.0 Å². The maximum absolute atomic E-state index is 12.7. The molecule has 2 rings (SSSR count). The zero-order valence-electron chi connectivity index (χ0n) is 20.8. The zero-order chi connectivity index (χ0) is 25.9. The van der Waals surface area contributed by atoms with Crippen LogP contribution in [0, 0.1) is 5.92 Å². The lowest BCUT2D eigenvalue weighted by Crippen LogP contribution is -2.52. The van der Waals surface area contributed by atoms with Crippen molar-refractivity contribution in [3.8, 4) is 0 Å². The number of nitrogens with one attached hydrogen (secondary N) is 2. The lowest BCUT2D eigenvalue weighted by molar-refractivity contribution is -0.190. The molecule has 0 spiro atoms. The summed E-state index contributed by atoms with van der Waals surface area (Å²) in [4.78, 5) is 24.9. The number of carbonyl (C=O) groups excluding carboxylic acids is 2. The topological polar surface area (TPSA) is 159 Å². The minimum Gasteiger partial charge on any atom is -0.444 e. The Kier molecular flexibility index (Phi) is 9.33. The Morgan fingerprint density at radius 3 is 2.26 bits per heavy atom. The van der Waals surface area contributed by atoms with Gasteiger partial charge in [0.15, 0.2) is 5.79 Å². The van der Waals surface area contributed by atoms with Crippen molar-refractivity contribution in [1.29, 1.82) is 0 Å². The van der Waals surface area contributed by atoms with Gasteiger partial charge in [0.05, 0.1) is 12.7 Å². The minimum absolute atomic E-state index is 0.138. The number of aliphatic hydroxyl groups excluding tert-OH is 1. The summed E-state index contributed by atoms with van der Waals surface area (Å²) in [5.41, 5.74) is -0.788. The molecule has 2 fully saturated rings. The monoisotopic (exact) mass is 510 g/mol. The summed E-state index contributed by atoms with van der Waals surface area (Å²) < 4.78 is 54.4. The quantitative estimate of drug-likeness (QED) is 0.387. The second kappa shape index (κ2) is 11.0. The summed E-state index contributed by atoms with van der Waals surface area (Å²) in [7, 11) is -4.53. The minimum atomic E-state index is -4.53. The fourth-order valence-electron chi connectivity index (χ4n) is 3.77. The number of hydrogen-bond donors (Lipinski definition) is 3. The van der Waals surface area contributed by atoms with E-state index in [0.29, 0.717) is 6.42 Å². The van der Waals surface area contributed by atoms with Crippen LogP contribution in [0.3, 0.4) is 0 Å². The summed E-state index contributed by atoms with van der Waals surface area (Å²) >= 11 is 0. The molecule has 2 aliphatic heterocycles. The molecule has 0 saturated carbocycles. The van der Waals surface area contributed by atoms with Gasteiger partial charge in [-0.3, -0.25) is 8.98 Å². The summed E-state index contributed by atoms with van der Waals surface area (Å²) in [6.07, 6.45) is -2.43. The van der Waals surface area contributed by atoms with Gasteiger partial charge in [-0.2, -0.15) is 8.42 Å². The Labute approximate surface area is 201 Å². The van der Waals surface area contributed by atoms with Gasteiger partial charge in [0, 0.05) is 6.61 Å². The number of alkyl carbamates (subject to hydrolysis) is 1. The second-order valence-electron chi connectivity index (χ2n) is 10.0. The number of aliphatic hydroxyl groups is 1. The molecule has 0 radical (unpaired) electrons. The zero-order valence-corrected chi connectivity index (χ0v) is 21.6. The van der Waals surface area contributed by atoms with E-state index in [-0.39, 0.29) is 18.9 Å². The van der Waals surface area contributed by atoms with Crippen molar-refractivity contribution in [3.63, 3.8) is 0 Å². The number of hydrogen-bond acceptors (Lipinski definition) is 10. The molecule has 3 N–H and O–H groups in total. The molecule has 2 aliphatic rings. The van der Waals surface area contributed by atoms with Crippen molar-refractivity contribution in [2.75, 3.05) is 13.2 Å². The van der Waals surface area contributed by atoms with Crippen molar-refractivity contribution in [2.45, 2.75) is 103 Å². The van der Waals surface area contributed by atoms with Crippen LogP contribution < -0.4 is 10.0 Å². The Morgan fingerprint density at radius 2 is 1.74 bits per heavy atom. The first kappa shape index (κ1) is 28.7. The fraction of sp³-hybridized carbons (Fsp3) is 0.905. The number of fused-ring (bicyclic) bond motifs is 1. The van der Waals surface area contributed by atoms with Crippen LogP contribution in [0.15, 0.2) is 0 Å². The van der Waals surface area contributed by atoms with Crippen LogP contribution in [0.5, 0.6) is 0 Å². The molecule has 2 saturated heterocycles. The molecule has 13 heteroatoms. The third kappa shape index (κ3) is 8.02. The third-order valence-corrected chi connectivity index (χ3v) is 6.34. The predicted octanol–water partition coefficient (Wildman–Crippen LogP) is 0.973. The van der Waals surface area contributed by atoms with Crippen molar-refractivity contribution in [3.05, 3.63) is 0 Å². The van der Waals surface area contributed by atoms with Gasteiger partial charge in [-0.25, -0.2) is 9.52 Å². The highest BCUT2D eigenvalue weighted by Gasteiger charge is 2.55. The Balaban J connectivity index is 2.01. The standard InChI is InChI=1S/C21H38N2O10S/c1-8-12(2)15(22-19(26)33-20(3,4)5)18(25)23-34(27,28)29-11-14-17-16(13(30-14)9-10-24)31-21(6,7)32-17/h12-17,24H,8-11H2,1-7H3,(H,22,26)(H,23,25). The molecule has 198 valence electrons. The van der Waals surface area contributed by atoms with E-state index in [1.165, 1.54) is 0 Å². The van der Waals surface area contributed by atoms with Crippen molar-refractivity contribution in [2.24, 2.45) is 5.92 Å². The number of ether oxygens (including phenoxy) is 4. The third-order valence-electron chi connectivity index (χ3n) is 5.44. The second-order valence-corrected chi connectivity index (χ2v) is 11.4. The Bertz CT molecular complexity index is 826. The van der Waals surface area contributed by atoms with E-state index in [2.05, 4.69) is 5.32 Å². The van der Waals surface area contributed by atoms with Crippen molar-refractivity contribution < 1.29 is 46.2 Å². The van der Waals surface area contributed by atoms with Crippen molar-refractivity contribution >= 4 is 22.3 Å². The van der Waals surface area contributed by atoms with Crippen LogP contribution in [0.2, 0.25) is 0 Å². The summed E-state index contributed by atoms with van der Waals surface area (Å²) in [5.74, 6) is -2.23. The van der Waals surface area contributed by atoms with E-state index < -0.39 is 70.8 Å². The Morgan fingerprint density at radius 1 is 1.15 bits per heavy atom. The maximum Gasteiger partial charge on any atom is 0.408 e. The fourth-order valence-corrected chi connectivity index (χ4v) is 4.52. The van der Waals surface area contributed by atoms with E-state index >= 15 is 0 Å². The van der Waals surface area contributed by atoms with Gasteiger partial charge in [0.25, 0.3) is 5.91 Å². The molecule has 6 unspecified atom stereocenters. The molecule has 0 aliphatic carbocycles. The molecule has 34 heavy (non-hydrogen) atoms. The first-order chi connectivity index (χ1) is 15.6. The SMILES string of the molecule is CCC(C)C(NC(=O)OC(C)(C)C)C(=O)NS(=O)(=O)OCC1OC(CCO)C2OC(C)(C)OC12. The molecule has 0 aromatic heterocycles. The average Bonchev–Trinajstić information content (AvgIpc) is 3.16. The highest BCUT2D eigenvalue weighted by atomic mass is 32.2. The van der Waals surface area contributed by atoms with Crippen LogP contribution in [0.1, 0.15) is 61.3 Å². The normalized spacial score (nSPS) is 28.1. The molecular formula is C21H38N2O10S. The van der Waals surface area contributed by atoms with Crippen LogP contribution in [0.4, 0.5) is 4.79 Å². The van der Waals surface area contributed by atoms with Crippen LogP contribution in [-0.4, -0.2) is 80.6 Å². The molecule has 0 aromatic rings. The molecule has 0 aromatic carbocycles. The largest absolute Gasteiger partial charge is 0.444 e. The molecule has 0 bridgehead atoms. The predicted molar refractivity (Wildman–Crippen MR) is 120 cm³/mol. The maximum atomic E-state index is 12.7. The lowest BCUT2D eigenvalue weighted by atomic mass is 9.99. The molecule has 6 atom stereocenters. The van der Waals surface area contributed by atoms with Gasteiger partial charge < -0.3 is 29.4 Å². The summed E-state index contributed by atoms with van der Waals surface area (Å²) in [6, 6.07) is -1.16. The number of amides is 2. The van der Waals surface area contributed by atoms with E-state index in [0.717, 1.165) is 0 Å². The van der Waals surface area contributed by atoms with Gasteiger partial charge >= 0.3 is 16.4 Å². The van der Waals surface area contributed by atoms with E-state index in [9.17, 15) is 23.1 Å². The van der Waals surface area contributed by atoms with Crippen molar-refractivity contribution in [1.82, 2.24) is 10.0 Å². The van der Waals surface area contributed by atoms with E-state index in [4.69, 9.17) is 23.1 Å². The first-order valence-electron chi connectivity index (χ1n) is 11.4. The highest BCUT2D eigenvalue weighted by Crippen LogP contribution is 2.39. The lowest BCUT2D eigenvalue weighted by Gasteiger charge is -2.26. The molecule has 2 amide bonds. The van der Waals surface area contributed by atoms with Gasteiger partial charge in [-0.1, -0.05) is 20.3 Å². The highest BCUT2D eigenvalue weighted by molar-refractivity contribution is 7.85. The smallest absolute Gasteiger partial charge is 0.408 e. The average molecular weight is 511 g/mol. The molecule has 2 heterocycles. The number of rotatable bonds is 10. The van der Waals surface area contributed by atoms with Crippen LogP contribution in [0.25, 0.3) is 0 Å². The first-order valence-corrected chi connectivity index (χ1v) is 12.8. The molecule has 12 nitrogen and oxygen atoms in total. The van der Waals surface area contributed by atoms with Gasteiger partial charge in [-0.15, -0.1) is 0 Å². The van der Waals surface area contributed by atoms with E-state index in [1.807, 2.05) is 4.72 Å². The number of carbonyl (C=O) groups is 2. The summed E-state index contributed by atoms with van der Waals surface area (Å²) in [5, 5.41) is 11.7. The van der Waals surface area contributed by atoms with Crippen LogP contribution in [-0.2, 0) is 38.2 Å². The Hall–Kier alpha value is -1.51. The van der Waals surface area contributed by atoms with Gasteiger partial charge in [0.1, 0.15) is 30.0 Å². The van der Waals surface area contributed by atoms with E-state index in [1.54, 1.807) is 48.5 Å². The molecular weight excluding hydrogens is 472 g/mol. The van der Waals surface area contributed by atoms with Gasteiger partial charge in [0.2, 0.25) is 0 Å².